The van der Waals surface area contributed by atoms with Crippen LogP contribution in [0.4, 0.5) is 4.79 Å². The van der Waals surface area contributed by atoms with Gasteiger partial charge in [0, 0.05) is 12.2 Å². The van der Waals surface area contributed by atoms with Gasteiger partial charge >= 0.3 is 12.1 Å². The highest BCUT2D eigenvalue weighted by Crippen LogP contribution is 2.52. The molecule has 2 atom stereocenters. The van der Waals surface area contributed by atoms with Gasteiger partial charge in [-0.3, -0.25) is 4.21 Å². The van der Waals surface area contributed by atoms with Crippen molar-refractivity contribution < 1.29 is 28.4 Å². The first-order chi connectivity index (χ1) is 11.8. The van der Waals surface area contributed by atoms with Crippen molar-refractivity contribution in [3.8, 4) is 0 Å². The Hall–Kier alpha value is -1.61. The number of allylic oxidation sites excluding steroid dienone is 1. The van der Waals surface area contributed by atoms with Gasteiger partial charge in [0.2, 0.25) is 0 Å². The number of thioether (sulfide) groups is 1. The van der Waals surface area contributed by atoms with E-state index in [0.29, 0.717) is 6.42 Å². The zero-order chi connectivity index (χ0) is 18.8. The second kappa shape index (κ2) is 7.74. The van der Waals surface area contributed by atoms with Crippen molar-refractivity contribution in [2.75, 3.05) is 19.0 Å². The summed E-state index contributed by atoms with van der Waals surface area (Å²) in [6.45, 7) is 7.27. The maximum absolute atomic E-state index is 12.8. The topological polar surface area (TPSA) is 102 Å². The van der Waals surface area contributed by atoms with Gasteiger partial charge in [-0.05, 0) is 27.7 Å². The van der Waals surface area contributed by atoms with E-state index in [9.17, 15) is 18.9 Å². The highest BCUT2D eigenvalue weighted by atomic mass is 32.2. The molecule has 25 heavy (non-hydrogen) atoms. The Morgan fingerprint density at radius 2 is 1.88 bits per heavy atom. The van der Waals surface area contributed by atoms with Gasteiger partial charge in [-0.25, -0.2) is 9.59 Å². The number of hydrogen-bond donors (Lipinski definition) is 1. The lowest BCUT2D eigenvalue weighted by molar-refractivity contribution is -0.138. The van der Waals surface area contributed by atoms with Gasteiger partial charge in [0.15, 0.2) is 4.08 Å². The molecular formula is C16H21NO6S2. The molecule has 2 rings (SSSR count). The molecule has 0 unspecified atom stereocenters. The van der Waals surface area contributed by atoms with Gasteiger partial charge in [-0.15, -0.1) is 0 Å². The van der Waals surface area contributed by atoms with E-state index in [-0.39, 0.29) is 35.3 Å². The monoisotopic (exact) mass is 387 g/mol. The first-order valence-corrected chi connectivity index (χ1v) is 9.99. The molecule has 1 N–H and O–H groups in total. The van der Waals surface area contributed by atoms with E-state index >= 15 is 0 Å². The smallest absolute Gasteiger partial charge is 0.434 e. The number of aliphatic imine (C=N–C) groups is 1. The average molecular weight is 387 g/mol. The van der Waals surface area contributed by atoms with Gasteiger partial charge in [0.1, 0.15) is 16.4 Å². The molecule has 138 valence electrons. The minimum Gasteiger partial charge on any atom is -0.509 e. The number of hydrogen-bond acceptors (Lipinski definition) is 7. The minimum atomic E-state index is -1.48. The van der Waals surface area contributed by atoms with Crippen molar-refractivity contribution in [1.29, 1.82) is 0 Å². The standard InChI is InChI=1S/C16H21NO6S2/c1-5-22-14(19)11-12(18)16(7-9(3)10(4)8-25(16)21)24-13(11)17-15(20)23-6-2/h18H,5-8H2,1-4H3/t16-,25+/m1/s1. The molecule has 7 nitrogen and oxygen atoms in total. The van der Waals surface area contributed by atoms with E-state index in [0.717, 1.165) is 22.9 Å². The lowest BCUT2D eigenvalue weighted by Gasteiger charge is -2.32. The zero-order valence-electron chi connectivity index (χ0n) is 14.6. The number of amides is 1. The number of aliphatic hydroxyl groups excluding tert-OH is 1. The summed E-state index contributed by atoms with van der Waals surface area (Å²) in [5.74, 6) is -0.858. The molecule has 0 bridgehead atoms. The molecule has 2 aliphatic heterocycles. The number of nitrogens with zero attached hydrogens (tertiary/aromatic N) is 1. The van der Waals surface area contributed by atoms with Crippen LogP contribution in [0, 0.1) is 0 Å². The first-order valence-electron chi connectivity index (χ1n) is 7.86. The second-order valence-electron chi connectivity index (χ2n) is 5.64. The van der Waals surface area contributed by atoms with Crippen LogP contribution in [0.2, 0.25) is 0 Å². The van der Waals surface area contributed by atoms with Crippen LogP contribution in [0.15, 0.2) is 27.5 Å². The molecule has 0 aliphatic carbocycles. The van der Waals surface area contributed by atoms with Gasteiger partial charge < -0.3 is 14.6 Å². The largest absolute Gasteiger partial charge is 0.509 e. The lowest BCUT2D eigenvalue weighted by atomic mass is 10.0. The SMILES string of the molecule is CCOC(=O)N=C1S[C@@]2(CC(C)=C(C)C[S@@]2=O)C(O)=C1C(=O)OCC. The summed E-state index contributed by atoms with van der Waals surface area (Å²) in [6.07, 6.45) is -0.575. The minimum absolute atomic E-state index is 0.0184. The number of carbonyl (C=O) groups excluding carboxylic acids is 2. The van der Waals surface area contributed by atoms with Crippen LogP contribution in [-0.4, -0.2) is 49.5 Å². The lowest BCUT2D eigenvalue weighted by Crippen LogP contribution is -2.37. The van der Waals surface area contributed by atoms with Crippen molar-refractivity contribution in [2.24, 2.45) is 4.99 Å². The Bertz CT molecular complexity index is 724. The number of esters is 1. The summed E-state index contributed by atoms with van der Waals surface area (Å²) in [6, 6.07) is 0. The molecule has 1 spiro atoms. The van der Waals surface area contributed by atoms with Gasteiger partial charge in [0.25, 0.3) is 0 Å². The molecule has 2 aliphatic rings. The van der Waals surface area contributed by atoms with E-state index in [1.807, 2.05) is 13.8 Å². The summed E-state index contributed by atoms with van der Waals surface area (Å²) in [7, 11) is -1.48. The van der Waals surface area contributed by atoms with Gasteiger partial charge in [-0.2, -0.15) is 4.99 Å². The number of rotatable bonds is 3. The highest BCUT2D eigenvalue weighted by Gasteiger charge is 2.54. The second-order valence-corrected chi connectivity index (χ2v) is 8.87. The Kier molecular flexibility index (Phi) is 6.10. The van der Waals surface area contributed by atoms with E-state index in [1.165, 1.54) is 0 Å². The van der Waals surface area contributed by atoms with Crippen LogP contribution in [0.5, 0.6) is 0 Å². The maximum atomic E-state index is 12.8. The molecule has 0 fully saturated rings. The van der Waals surface area contributed by atoms with Gasteiger partial charge in [-0.1, -0.05) is 22.9 Å². The summed E-state index contributed by atoms with van der Waals surface area (Å²) >= 11 is 0.962. The molecule has 0 aromatic heterocycles. The van der Waals surface area contributed by atoms with Crippen molar-refractivity contribution in [3.63, 3.8) is 0 Å². The predicted octanol–water partition coefficient (Wildman–Crippen LogP) is 2.85. The molecular weight excluding hydrogens is 366 g/mol. The average Bonchev–Trinajstić information content (AvgIpc) is 2.79. The fourth-order valence-corrected chi connectivity index (χ4v) is 6.10. The normalized spacial score (nSPS) is 28.0. The Labute approximate surface area is 153 Å². The third-order valence-electron chi connectivity index (χ3n) is 3.96. The Balaban J connectivity index is 2.54. The van der Waals surface area contributed by atoms with E-state index in [1.54, 1.807) is 13.8 Å². The van der Waals surface area contributed by atoms with Crippen molar-refractivity contribution in [1.82, 2.24) is 0 Å². The fourth-order valence-electron chi connectivity index (χ4n) is 2.54. The highest BCUT2D eigenvalue weighted by molar-refractivity contribution is 8.24. The van der Waals surface area contributed by atoms with Crippen LogP contribution in [0.3, 0.4) is 0 Å². The summed E-state index contributed by atoms with van der Waals surface area (Å²) < 4.78 is 21.3. The summed E-state index contributed by atoms with van der Waals surface area (Å²) in [5.41, 5.74) is 1.77. The fraction of sp³-hybridized carbons (Fsp3) is 0.562. The third kappa shape index (κ3) is 3.67. The van der Waals surface area contributed by atoms with Crippen molar-refractivity contribution in [2.45, 2.75) is 38.2 Å². The molecule has 0 saturated carbocycles. The summed E-state index contributed by atoms with van der Waals surface area (Å²) in [4.78, 5) is 27.8. The molecule has 2 heterocycles. The molecule has 1 amide bonds. The van der Waals surface area contributed by atoms with E-state index in [4.69, 9.17) is 9.47 Å². The van der Waals surface area contributed by atoms with Gasteiger partial charge in [0.05, 0.1) is 24.0 Å². The molecule has 0 saturated heterocycles. The molecule has 0 radical (unpaired) electrons. The first kappa shape index (κ1) is 19.7. The van der Waals surface area contributed by atoms with Crippen LogP contribution < -0.4 is 0 Å². The van der Waals surface area contributed by atoms with Crippen LogP contribution in [-0.2, 0) is 25.1 Å². The van der Waals surface area contributed by atoms with Crippen LogP contribution in [0.1, 0.15) is 34.1 Å². The maximum Gasteiger partial charge on any atom is 0.434 e. The van der Waals surface area contributed by atoms with Crippen LogP contribution in [0.25, 0.3) is 0 Å². The Morgan fingerprint density at radius 1 is 1.24 bits per heavy atom. The van der Waals surface area contributed by atoms with Crippen molar-refractivity contribution >= 4 is 39.7 Å². The molecule has 0 aromatic rings. The zero-order valence-corrected chi connectivity index (χ0v) is 16.2. The van der Waals surface area contributed by atoms with Crippen molar-refractivity contribution in [3.05, 3.63) is 22.5 Å². The number of ether oxygens (including phenoxy) is 2. The van der Waals surface area contributed by atoms with Crippen LogP contribution >= 0.6 is 11.8 Å². The predicted molar refractivity (Wildman–Crippen MR) is 97.1 cm³/mol. The van der Waals surface area contributed by atoms with E-state index in [2.05, 4.69) is 4.99 Å². The third-order valence-corrected chi connectivity index (χ3v) is 7.69. The molecule has 0 aromatic carbocycles. The van der Waals surface area contributed by atoms with E-state index < -0.39 is 26.9 Å². The Morgan fingerprint density at radius 3 is 2.48 bits per heavy atom. The number of aliphatic hydroxyl groups is 1. The molecule has 9 heteroatoms. The quantitative estimate of drug-likeness (QED) is 0.587. The number of carbonyl (C=O) groups is 2. The summed E-state index contributed by atoms with van der Waals surface area (Å²) in [5, 5.41) is 10.7.